The summed E-state index contributed by atoms with van der Waals surface area (Å²) in [6.45, 7) is 3.66. The van der Waals surface area contributed by atoms with Crippen LogP contribution < -0.4 is 11.1 Å². The number of nitrogens with zero attached hydrogens (tertiary/aromatic N) is 3. The summed E-state index contributed by atoms with van der Waals surface area (Å²) in [5.41, 5.74) is 7.32. The fraction of sp³-hybridized carbons (Fsp3) is 0.308. The van der Waals surface area contributed by atoms with Crippen LogP contribution in [0.15, 0.2) is 24.3 Å². The van der Waals surface area contributed by atoms with E-state index in [4.69, 9.17) is 5.73 Å². The van der Waals surface area contributed by atoms with Crippen LogP contribution in [-0.4, -0.2) is 14.5 Å². The average Bonchev–Trinajstić information content (AvgIpc) is 2.68. The van der Waals surface area contributed by atoms with Gasteiger partial charge in [-0.25, -0.2) is 0 Å². The fourth-order valence-electron chi connectivity index (χ4n) is 1.95. The lowest BCUT2D eigenvalue weighted by Gasteiger charge is -2.15. The number of nitrogen functional groups attached to an aromatic ring is 1. The molecule has 7 nitrogen and oxygen atoms in total. The van der Waals surface area contributed by atoms with E-state index in [1.54, 1.807) is 30.7 Å². The van der Waals surface area contributed by atoms with E-state index >= 15 is 0 Å². The molecule has 0 saturated heterocycles. The van der Waals surface area contributed by atoms with E-state index < -0.39 is 4.92 Å². The van der Waals surface area contributed by atoms with Gasteiger partial charge in [0.1, 0.15) is 0 Å². The van der Waals surface area contributed by atoms with Crippen LogP contribution in [0.4, 0.5) is 17.3 Å². The third-order valence-electron chi connectivity index (χ3n) is 3.26. The minimum Gasteiger partial charge on any atom is -0.399 e. The lowest BCUT2D eigenvalue weighted by Crippen LogP contribution is -2.11. The highest BCUT2D eigenvalue weighted by molar-refractivity contribution is 5.55. The molecule has 0 aliphatic rings. The number of aromatic nitrogens is 2. The molecule has 0 bridgehead atoms. The van der Waals surface area contributed by atoms with Crippen molar-refractivity contribution in [2.24, 2.45) is 7.05 Å². The van der Waals surface area contributed by atoms with Crippen LogP contribution in [0.2, 0.25) is 0 Å². The lowest BCUT2D eigenvalue weighted by atomic mass is 10.1. The Morgan fingerprint density at radius 3 is 2.55 bits per heavy atom. The average molecular weight is 275 g/mol. The van der Waals surface area contributed by atoms with Crippen molar-refractivity contribution in [3.63, 3.8) is 0 Å². The van der Waals surface area contributed by atoms with Crippen LogP contribution in [0.3, 0.4) is 0 Å². The van der Waals surface area contributed by atoms with E-state index in [9.17, 15) is 10.1 Å². The molecule has 3 N–H and O–H groups in total. The Hall–Kier alpha value is -2.57. The molecule has 7 heteroatoms. The standard InChI is InChI=1S/C13H17N5O2/c1-8(10-4-6-11(14)7-5-10)15-12-13(18(19)20)16-9(2)17(12)3/h4-8,15H,14H2,1-3H3. The van der Waals surface area contributed by atoms with Crippen molar-refractivity contribution in [1.29, 1.82) is 0 Å². The molecule has 106 valence electrons. The van der Waals surface area contributed by atoms with Gasteiger partial charge in [0.05, 0.1) is 6.04 Å². The second-order valence-electron chi connectivity index (χ2n) is 4.68. The number of nitrogens with one attached hydrogen (secondary N) is 1. The number of anilines is 2. The molecule has 0 spiro atoms. The molecule has 1 aromatic heterocycles. The first-order chi connectivity index (χ1) is 9.40. The molecular formula is C13H17N5O2. The van der Waals surface area contributed by atoms with E-state index in [1.807, 2.05) is 19.1 Å². The Morgan fingerprint density at radius 2 is 2.00 bits per heavy atom. The Labute approximate surface area is 116 Å². The summed E-state index contributed by atoms with van der Waals surface area (Å²) in [6, 6.07) is 7.29. The smallest absolute Gasteiger partial charge is 0.399 e. The summed E-state index contributed by atoms with van der Waals surface area (Å²) >= 11 is 0. The van der Waals surface area contributed by atoms with Crippen molar-refractivity contribution in [2.45, 2.75) is 19.9 Å². The summed E-state index contributed by atoms with van der Waals surface area (Å²) in [6.07, 6.45) is 0. The van der Waals surface area contributed by atoms with Gasteiger partial charge in [-0.2, -0.15) is 0 Å². The molecule has 0 aliphatic heterocycles. The highest BCUT2D eigenvalue weighted by Gasteiger charge is 2.24. The molecule has 1 heterocycles. The Morgan fingerprint density at radius 1 is 1.40 bits per heavy atom. The van der Waals surface area contributed by atoms with E-state index in [2.05, 4.69) is 10.3 Å². The second kappa shape index (κ2) is 5.20. The molecule has 0 fully saturated rings. The number of hydrogen-bond acceptors (Lipinski definition) is 5. The Kier molecular flexibility index (Phi) is 3.60. The van der Waals surface area contributed by atoms with Gasteiger partial charge >= 0.3 is 5.82 Å². The van der Waals surface area contributed by atoms with Gasteiger partial charge in [-0.1, -0.05) is 12.1 Å². The molecule has 0 amide bonds. The third kappa shape index (κ3) is 2.56. The van der Waals surface area contributed by atoms with E-state index in [1.165, 1.54) is 0 Å². The summed E-state index contributed by atoms with van der Waals surface area (Å²) in [5, 5.41) is 14.2. The molecule has 2 aromatic rings. The maximum Gasteiger partial charge on any atom is 0.406 e. The van der Waals surface area contributed by atoms with Gasteiger partial charge in [0.2, 0.25) is 11.6 Å². The predicted octanol–water partition coefficient (Wildman–Crippen LogP) is 2.39. The van der Waals surface area contributed by atoms with Crippen LogP contribution in [0, 0.1) is 17.0 Å². The van der Waals surface area contributed by atoms with Crippen LogP contribution in [-0.2, 0) is 7.05 Å². The summed E-state index contributed by atoms with van der Waals surface area (Å²) in [7, 11) is 1.74. The monoisotopic (exact) mass is 275 g/mol. The number of nitrogens with two attached hydrogens (primary N) is 1. The van der Waals surface area contributed by atoms with Crippen molar-refractivity contribution in [3.8, 4) is 0 Å². The zero-order chi connectivity index (χ0) is 14.9. The van der Waals surface area contributed by atoms with Crippen LogP contribution in [0.25, 0.3) is 0 Å². The molecule has 0 saturated carbocycles. The Balaban J connectivity index is 2.29. The molecule has 2 rings (SSSR count). The zero-order valence-electron chi connectivity index (χ0n) is 11.6. The normalized spacial score (nSPS) is 12.2. The molecule has 1 atom stereocenters. The molecular weight excluding hydrogens is 258 g/mol. The first kappa shape index (κ1) is 13.9. The SMILES string of the molecule is Cc1nc([N+](=O)[O-])c(NC(C)c2ccc(N)cc2)n1C. The summed E-state index contributed by atoms with van der Waals surface area (Å²) in [4.78, 5) is 14.5. The number of rotatable bonds is 4. The molecule has 20 heavy (non-hydrogen) atoms. The Bertz CT molecular complexity index is 633. The first-order valence-corrected chi connectivity index (χ1v) is 6.20. The highest BCUT2D eigenvalue weighted by Crippen LogP contribution is 2.28. The molecule has 1 aromatic carbocycles. The molecule has 0 radical (unpaired) electrons. The molecule has 0 aliphatic carbocycles. The van der Waals surface area contributed by atoms with Crippen LogP contribution in [0.1, 0.15) is 24.4 Å². The highest BCUT2D eigenvalue weighted by atomic mass is 16.6. The lowest BCUT2D eigenvalue weighted by molar-refractivity contribution is -0.388. The van der Waals surface area contributed by atoms with Crippen molar-refractivity contribution < 1.29 is 4.92 Å². The van der Waals surface area contributed by atoms with Gasteiger partial charge < -0.3 is 21.2 Å². The van der Waals surface area contributed by atoms with E-state index in [-0.39, 0.29) is 11.9 Å². The number of hydrogen-bond donors (Lipinski definition) is 2. The van der Waals surface area contributed by atoms with Crippen LogP contribution >= 0.6 is 0 Å². The van der Waals surface area contributed by atoms with E-state index in [0.717, 1.165) is 5.56 Å². The zero-order valence-corrected chi connectivity index (χ0v) is 11.6. The maximum atomic E-state index is 11.0. The van der Waals surface area contributed by atoms with Gasteiger partial charge in [-0.05, 0) is 34.5 Å². The van der Waals surface area contributed by atoms with Crippen molar-refractivity contribution in [3.05, 3.63) is 45.8 Å². The summed E-state index contributed by atoms with van der Waals surface area (Å²) in [5.74, 6) is 0.827. The van der Waals surface area contributed by atoms with Gasteiger partial charge in [0, 0.05) is 19.7 Å². The number of nitro groups is 1. The van der Waals surface area contributed by atoms with Gasteiger partial charge in [-0.15, -0.1) is 0 Å². The van der Waals surface area contributed by atoms with Gasteiger partial charge in [0.25, 0.3) is 0 Å². The minimum atomic E-state index is -0.481. The van der Waals surface area contributed by atoms with Crippen molar-refractivity contribution in [1.82, 2.24) is 9.55 Å². The number of imidazole rings is 1. The number of aryl methyl sites for hydroxylation is 1. The minimum absolute atomic E-state index is 0.0934. The van der Waals surface area contributed by atoms with Gasteiger partial charge in [0.15, 0.2) is 0 Å². The topological polar surface area (TPSA) is 99.0 Å². The van der Waals surface area contributed by atoms with Crippen molar-refractivity contribution >= 4 is 17.3 Å². The largest absolute Gasteiger partial charge is 0.406 e. The van der Waals surface area contributed by atoms with Gasteiger partial charge in [-0.3, -0.25) is 4.57 Å². The molecule has 1 unspecified atom stereocenters. The number of benzene rings is 1. The predicted molar refractivity (Wildman–Crippen MR) is 77.5 cm³/mol. The van der Waals surface area contributed by atoms with Crippen molar-refractivity contribution in [2.75, 3.05) is 11.1 Å². The van der Waals surface area contributed by atoms with E-state index in [0.29, 0.717) is 17.3 Å². The quantitative estimate of drug-likeness (QED) is 0.507. The first-order valence-electron chi connectivity index (χ1n) is 6.20. The second-order valence-corrected chi connectivity index (χ2v) is 4.68. The fourth-order valence-corrected chi connectivity index (χ4v) is 1.95. The third-order valence-corrected chi connectivity index (χ3v) is 3.26. The summed E-state index contributed by atoms with van der Waals surface area (Å²) < 4.78 is 1.67. The maximum absolute atomic E-state index is 11.0. The van der Waals surface area contributed by atoms with Crippen LogP contribution in [0.5, 0.6) is 0 Å².